The molecule has 5 nitrogen and oxygen atoms in total. The molecule has 0 unspecified atom stereocenters. The van der Waals surface area contributed by atoms with Gasteiger partial charge in [-0.2, -0.15) is 5.10 Å². The third kappa shape index (κ3) is 2.63. The van der Waals surface area contributed by atoms with Gasteiger partial charge in [0.1, 0.15) is 5.82 Å². The predicted octanol–water partition coefficient (Wildman–Crippen LogP) is 3.94. The van der Waals surface area contributed by atoms with Crippen molar-refractivity contribution in [3.05, 3.63) is 54.6 Å². The van der Waals surface area contributed by atoms with Crippen molar-refractivity contribution in [1.82, 2.24) is 25.1 Å². The second-order valence-electron chi connectivity index (χ2n) is 5.13. The van der Waals surface area contributed by atoms with Gasteiger partial charge in [0.05, 0.1) is 17.6 Å². The SMILES string of the molecule is CSc1nccc(-c2cc3cn[nH]c3nc2-c2ccc(F)cc2)n1. The largest absolute Gasteiger partial charge is 0.261 e. The molecule has 0 aliphatic carbocycles. The lowest BCUT2D eigenvalue weighted by Crippen LogP contribution is -1.95. The van der Waals surface area contributed by atoms with Crippen molar-refractivity contribution in [2.45, 2.75) is 5.16 Å². The second kappa shape index (κ2) is 6.01. The lowest BCUT2D eigenvalue weighted by Gasteiger charge is -2.09. The summed E-state index contributed by atoms with van der Waals surface area (Å²) in [4.78, 5) is 13.4. The minimum Gasteiger partial charge on any atom is -0.261 e. The van der Waals surface area contributed by atoms with E-state index in [0.29, 0.717) is 10.8 Å². The monoisotopic (exact) mass is 337 g/mol. The van der Waals surface area contributed by atoms with Crippen molar-refractivity contribution >= 4 is 22.8 Å². The molecule has 0 saturated carbocycles. The van der Waals surface area contributed by atoms with E-state index in [2.05, 4.69) is 25.1 Å². The van der Waals surface area contributed by atoms with Crippen LogP contribution in [0.5, 0.6) is 0 Å². The number of fused-ring (bicyclic) bond motifs is 1. The van der Waals surface area contributed by atoms with E-state index in [0.717, 1.165) is 27.9 Å². The Kier molecular flexibility index (Phi) is 3.70. The van der Waals surface area contributed by atoms with Gasteiger partial charge in [0.2, 0.25) is 0 Å². The second-order valence-corrected chi connectivity index (χ2v) is 5.90. The Morgan fingerprint density at radius 1 is 1.08 bits per heavy atom. The van der Waals surface area contributed by atoms with Gasteiger partial charge in [-0.15, -0.1) is 0 Å². The number of H-pyrrole nitrogens is 1. The van der Waals surface area contributed by atoms with Crippen LogP contribution in [-0.2, 0) is 0 Å². The van der Waals surface area contributed by atoms with Crippen molar-refractivity contribution in [3.63, 3.8) is 0 Å². The molecule has 24 heavy (non-hydrogen) atoms. The minimum absolute atomic E-state index is 0.283. The van der Waals surface area contributed by atoms with E-state index in [-0.39, 0.29) is 5.82 Å². The summed E-state index contributed by atoms with van der Waals surface area (Å²) in [6, 6.07) is 10.1. The zero-order valence-electron chi connectivity index (χ0n) is 12.7. The number of halogens is 1. The first-order valence-corrected chi connectivity index (χ1v) is 8.44. The summed E-state index contributed by atoms with van der Waals surface area (Å²) in [5, 5.41) is 8.48. The molecule has 0 amide bonds. The van der Waals surface area contributed by atoms with Crippen molar-refractivity contribution in [1.29, 1.82) is 0 Å². The maximum Gasteiger partial charge on any atom is 0.187 e. The van der Waals surface area contributed by atoms with Crippen LogP contribution in [0.1, 0.15) is 0 Å². The number of rotatable bonds is 3. The standard InChI is InChI=1S/C17H12FN5S/c1-24-17-19-7-6-14(21-17)13-8-11-9-20-23-16(11)22-15(13)10-2-4-12(18)5-3-10/h2-9H,1H3,(H,20,22,23). The van der Waals surface area contributed by atoms with Crippen LogP contribution < -0.4 is 0 Å². The third-order valence-corrected chi connectivity index (χ3v) is 4.20. The molecule has 0 aliphatic rings. The average Bonchev–Trinajstić information content (AvgIpc) is 3.09. The molecule has 3 aromatic heterocycles. The van der Waals surface area contributed by atoms with E-state index in [9.17, 15) is 4.39 Å². The number of hydrogen-bond donors (Lipinski definition) is 1. The minimum atomic E-state index is -0.283. The number of nitrogens with one attached hydrogen (secondary N) is 1. The molecule has 3 heterocycles. The molecule has 118 valence electrons. The van der Waals surface area contributed by atoms with Crippen LogP contribution in [-0.4, -0.2) is 31.4 Å². The maximum atomic E-state index is 13.3. The van der Waals surface area contributed by atoms with Crippen LogP contribution in [0.4, 0.5) is 4.39 Å². The fraction of sp³-hybridized carbons (Fsp3) is 0.0588. The number of benzene rings is 1. The highest BCUT2D eigenvalue weighted by atomic mass is 32.2. The van der Waals surface area contributed by atoms with Crippen LogP contribution in [0, 0.1) is 5.82 Å². The van der Waals surface area contributed by atoms with Gasteiger partial charge in [0, 0.05) is 22.7 Å². The van der Waals surface area contributed by atoms with Crippen molar-refractivity contribution in [2.24, 2.45) is 0 Å². The van der Waals surface area contributed by atoms with Crippen molar-refractivity contribution in [3.8, 4) is 22.5 Å². The number of aromatic amines is 1. The van der Waals surface area contributed by atoms with E-state index >= 15 is 0 Å². The van der Waals surface area contributed by atoms with Gasteiger partial charge in [0.25, 0.3) is 0 Å². The Labute approximate surface area is 141 Å². The fourth-order valence-corrected chi connectivity index (χ4v) is 2.85. The average molecular weight is 337 g/mol. The summed E-state index contributed by atoms with van der Waals surface area (Å²) in [5.74, 6) is -0.283. The molecule has 0 aliphatic heterocycles. The quantitative estimate of drug-likeness (QED) is 0.453. The summed E-state index contributed by atoms with van der Waals surface area (Å²) in [7, 11) is 0. The Morgan fingerprint density at radius 2 is 1.92 bits per heavy atom. The third-order valence-electron chi connectivity index (χ3n) is 3.64. The number of nitrogens with zero attached hydrogens (tertiary/aromatic N) is 4. The summed E-state index contributed by atoms with van der Waals surface area (Å²) in [6.07, 6.45) is 5.37. The van der Waals surface area contributed by atoms with Crippen LogP contribution >= 0.6 is 11.8 Å². The highest BCUT2D eigenvalue weighted by Crippen LogP contribution is 2.32. The first-order valence-electron chi connectivity index (χ1n) is 7.22. The maximum absolute atomic E-state index is 13.3. The molecule has 0 radical (unpaired) electrons. The summed E-state index contributed by atoms with van der Waals surface area (Å²) >= 11 is 1.48. The van der Waals surface area contributed by atoms with Gasteiger partial charge in [0.15, 0.2) is 10.8 Å². The first-order chi connectivity index (χ1) is 11.7. The Bertz CT molecular complexity index is 1010. The Morgan fingerprint density at radius 3 is 2.71 bits per heavy atom. The number of pyridine rings is 1. The van der Waals surface area contributed by atoms with E-state index in [4.69, 9.17) is 0 Å². The fourth-order valence-electron chi connectivity index (χ4n) is 2.49. The molecule has 0 bridgehead atoms. The Hall–Kier alpha value is -2.80. The first kappa shape index (κ1) is 14.8. The topological polar surface area (TPSA) is 67.3 Å². The van der Waals surface area contributed by atoms with E-state index in [1.165, 1.54) is 23.9 Å². The van der Waals surface area contributed by atoms with Gasteiger partial charge < -0.3 is 0 Å². The van der Waals surface area contributed by atoms with Crippen molar-refractivity contribution in [2.75, 3.05) is 6.26 Å². The van der Waals surface area contributed by atoms with Crippen LogP contribution in [0.15, 0.2) is 53.9 Å². The molecule has 0 fully saturated rings. The molecule has 1 N–H and O–H groups in total. The molecule has 0 spiro atoms. The summed E-state index contributed by atoms with van der Waals surface area (Å²) in [5.41, 5.74) is 3.83. The number of thioether (sulfide) groups is 1. The van der Waals surface area contributed by atoms with E-state index in [1.54, 1.807) is 24.5 Å². The van der Waals surface area contributed by atoms with Gasteiger partial charge in [-0.3, -0.25) is 5.10 Å². The van der Waals surface area contributed by atoms with E-state index < -0.39 is 0 Å². The summed E-state index contributed by atoms with van der Waals surface area (Å²) < 4.78 is 13.3. The molecule has 0 atom stereocenters. The molecular weight excluding hydrogens is 325 g/mol. The number of hydrogen-bond acceptors (Lipinski definition) is 5. The van der Waals surface area contributed by atoms with E-state index in [1.807, 2.05) is 18.4 Å². The van der Waals surface area contributed by atoms with Gasteiger partial charge in [-0.25, -0.2) is 19.3 Å². The summed E-state index contributed by atoms with van der Waals surface area (Å²) in [6.45, 7) is 0. The van der Waals surface area contributed by atoms with Crippen molar-refractivity contribution < 1.29 is 4.39 Å². The molecule has 1 aromatic carbocycles. The highest BCUT2D eigenvalue weighted by Gasteiger charge is 2.14. The smallest absolute Gasteiger partial charge is 0.187 e. The van der Waals surface area contributed by atoms with Crippen LogP contribution in [0.3, 0.4) is 0 Å². The molecule has 0 saturated heterocycles. The molecule has 4 aromatic rings. The normalized spacial score (nSPS) is 11.1. The van der Waals surface area contributed by atoms with Crippen LogP contribution in [0.25, 0.3) is 33.5 Å². The zero-order valence-corrected chi connectivity index (χ0v) is 13.5. The lowest BCUT2D eigenvalue weighted by atomic mass is 10.0. The molecular formula is C17H12FN5S. The predicted molar refractivity (Wildman–Crippen MR) is 92.1 cm³/mol. The lowest BCUT2D eigenvalue weighted by molar-refractivity contribution is 0.628. The Balaban J connectivity index is 1.98. The zero-order chi connectivity index (χ0) is 16.5. The van der Waals surface area contributed by atoms with Crippen LogP contribution in [0.2, 0.25) is 0 Å². The van der Waals surface area contributed by atoms with Gasteiger partial charge >= 0.3 is 0 Å². The molecule has 7 heteroatoms. The highest BCUT2D eigenvalue weighted by molar-refractivity contribution is 7.98. The van der Waals surface area contributed by atoms with Gasteiger partial charge in [-0.05, 0) is 42.7 Å². The van der Waals surface area contributed by atoms with Gasteiger partial charge in [-0.1, -0.05) is 11.8 Å². The molecule has 4 rings (SSSR count). The number of aromatic nitrogens is 5.